The van der Waals surface area contributed by atoms with Crippen molar-refractivity contribution in [3.05, 3.63) is 47.2 Å². The number of nitrogens with zero attached hydrogens (tertiary/aromatic N) is 2. The number of carbonyl (C=O) groups is 1. The van der Waals surface area contributed by atoms with E-state index in [1.165, 1.54) is 6.92 Å². The quantitative estimate of drug-likeness (QED) is 0.795. The van der Waals surface area contributed by atoms with Crippen LogP contribution in [0, 0.1) is 0 Å². The van der Waals surface area contributed by atoms with Gasteiger partial charge in [-0.25, -0.2) is 9.38 Å². The number of benzene rings is 1. The second-order valence-electron chi connectivity index (χ2n) is 5.62. The Bertz CT molecular complexity index is 588. The largest absolute Gasteiger partial charge is 0.353 e. The van der Waals surface area contributed by atoms with Crippen LogP contribution in [0.15, 0.2) is 46.6 Å². The number of hydrogen-bond donors (Lipinski definition) is 0. The van der Waals surface area contributed by atoms with Gasteiger partial charge in [0.05, 0.1) is 6.04 Å². The second-order valence-corrected chi connectivity index (χ2v) is 5.62. The number of amidine groups is 1. The third-order valence-corrected chi connectivity index (χ3v) is 3.76. The topological polar surface area (TPSA) is 32.7 Å². The zero-order valence-corrected chi connectivity index (χ0v) is 12.9. The molecular formula is C17H21FN2O. The molecule has 3 nitrogen and oxygen atoms in total. The maximum Gasteiger partial charge on any atom is 0.178 e. The van der Waals surface area contributed by atoms with E-state index >= 15 is 0 Å². The Balaban J connectivity index is 2.35. The summed E-state index contributed by atoms with van der Waals surface area (Å²) in [7, 11) is 1.83. The van der Waals surface area contributed by atoms with Crippen molar-refractivity contribution in [3.8, 4) is 0 Å². The van der Waals surface area contributed by atoms with Crippen LogP contribution >= 0.6 is 0 Å². The van der Waals surface area contributed by atoms with Gasteiger partial charge in [0.15, 0.2) is 12.0 Å². The molecule has 1 aliphatic rings. The molecule has 1 aromatic rings. The highest BCUT2D eigenvalue weighted by Crippen LogP contribution is 2.34. The predicted molar refractivity (Wildman–Crippen MR) is 82.9 cm³/mol. The molecule has 0 aliphatic carbocycles. The van der Waals surface area contributed by atoms with E-state index < -0.39 is 6.17 Å². The molecule has 1 saturated heterocycles. The van der Waals surface area contributed by atoms with Gasteiger partial charge >= 0.3 is 0 Å². The Morgan fingerprint density at radius 2 is 1.86 bits per heavy atom. The van der Waals surface area contributed by atoms with Crippen LogP contribution in [0.3, 0.4) is 0 Å². The summed E-state index contributed by atoms with van der Waals surface area (Å²) in [5, 5.41) is 0. The van der Waals surface area contributed by atoms with Crippen molar-refractivity contribution in [2.75, 3.05) is 7.05 Å². The van der Waals surface area contributed by atoms with Crippen LogP contribution in [0.2, 0.25) is 0 Å². The normalized spacial score (nSPS) is 23.5. The van der Waals surface area contributed by atoms with Gasteiger partial charge in [-0.3, -0.25) is 4.79 Å². The first-order valence-electron chi connectivity index (χ1n) is 7.10. The summed E-state index contributed by atoms with van der Waals surface area (Å²) in [5.74, 6) is 0.210. The first-order valence-corrected chi connectivity index (χ1v) is 7.10. The molecule has 21 heavy (non-hydrogen) atoms. The fraction of sp³-hybridized carbons (Fsp3) is 0.412. The Labute approximate surface area is 125 Å². The molecule has 0 saturated carbocycles. The number of halogens is 1. The highest BCUT2D eigenvalue weighted by atomic mass is 19.1. The van der Waals surface area contributed by atoms with Gasteiger partial charge < -0.3 is 4.90 Å². The lowest BCUT2D eigenvalue weighted by molar-refractivity contribution is -0.113. The van der Waals surface area contributed by atoms with Crippen molar-refractivity contribution < 1.29 is 9.18 Å². The Morgan fingerprint density at radius 1 is 1.24 bits per heavy atom. The van der Waals surface area contributed by atoms with Crippen LogP contribution in [-0.2, 0) is 4.79 Å². The molecule has 1 aromatic carbocycles. The Kier molecular flexibility index (Phi) is 4.56. The lowest BCUT2D eigenvalue weighted by Gasteiger charge is -2.22. The summed E-state index contributed by atoms with van der Waals surface area (Å²) in [4.78, 5) is 17.8. The molecule has 112 valence electrons. The van der Waals surface area contributed by atoms with Gasteiger partial charge in [-0.05, 0) is 25.0 Å². The third kappa shape index (κ3) is 3.20. The molecule has 0 spiro atoms. The minimum Gasteiger partial charge on any atom is -0.353 e. The average molecular weight is 288 g/mol. The molecule has 0 N–H and O–H groups in total. The van der Waals surface area contributed by atoms with Gasteiger partial charge in [-0.2, -0.15) is 0 Å². The summed E-state index contributed by atoms with van der Waals surface area (Å²) in [6.45, 7) is 5.10. The van der Waals surface area contributed by atoms with Crippen molar-refractivity contribution in [2.45, 2.75) is 39.4 Å². The number of hydrogen-bond acceptors (Lipinski definition) is 2. The molecule has 0 aromatic heterocycles. The van der Waals surface area contributed by atoms with E-state index in [2.05, 4.69) is 4.99 Å². The Morgan fingerprint density at radius 3 is 2.38 bits per heavy atom. The van der Waals surface area contributed by atoms with Crippen LogP contribution in [0.1, 0.15) is 38.8 Å². The molecule has 4 heteroatoms. The molecular weight excluding hydrogens is 267 g/mol. The van der Waals surface area contributed by atoms with Crippen molar-refractivity contribution in [3.63, 3.8) is 0 Å². The van der Waals surface area contributed by atoms with E-state index in [9.17, 15) is 9.18 Å². The second kappa shape index (κ2) is 6.20. The van der Waals surface area contributed by atoms with Crippen LogP contribution in [0.4, 0.5) is 4.39 Å². The standard InChI is InChI=1S/C17H21FN2O/c1-11(2)16(12(3)21)19-17-14(18)10-15(20(17)4)13-8-6-5-7-9-13/h5-9,14-15H,10H2,1-4H3/b19-17-. The van der Waals surface area contributed by atoms with E-state index in [1.807, 2.05) is 56.1 Å². The van der Waals surface area contributed by atoms with Crippen LogP contribution in [0.25, 0.3) is 0 Å². The molecule has 1 fully saturated rings. The zero-order valence-electron chi connectivity index (χ0n) is 12.9. The molecule has 1 aliphatic heterocycles. The highest BCUT2D eigenvalue weighted by molar-refractivity contribution is 5.99. The predicted octanol–water partition coefficient (Wildman–Crippen LogP) is 3.68. The third-order valence-electron chi connectivity index (χ3n) is 3.76. The van der Waals surface area contributed by atoms with Crippen LogP contribution < -0.4 is 0 Å². The van der Waals surface area contributed by atoms with Crippen molar-refractivity contribution in [2.24, 2.45) is 4.99 Å². The summed E-state index contributed by atoms with van der Waals surface area (Å²) in [6.07, 6.45) is -0.776. The SMILES string of the molecule is CC(=O)C(/N=C1/C(F)CC(c2ccccc2)N1C)=C(C)C. The summed E-state index contributed by atoms with van der Waals surface area (Å²) in [6, 6.07) is 9.78. The Hall–Kier alpha value is -1.97. The number of rotatable bonds is 3. The number of likely N-dealkylation sites (tertiary alicyclic amines) is 1. The monoisotopic (exact) mass is 288 g/mol. The number of allylic oxidation sites excluding steroid dienone is 2. The van der Waals surface area contributed by atoms with E-state index in [1.54, 1.807) is 0 Å². The van der Waals surface area contributed by atoms with E-state index in [4.69, 9.17) is 0 Å². The maximum absolute atomic E-state index is 14.4. The van der Waals surface area contributed by atoms with Gasteiger partial charge in [-0.15, -0.1) is 0 Å². The fourth-order valence-corrected chi connectivity index (χ4v) is 2.68. The number of aliphatic imine (C=N–C) groups is 1. The summed E-state index contributed by atoms with van der Waals surface area (Å²) >= 11 is 0. The minimum atomic E-state index is -1.14. The van der Waals surface area contributed by atoms with E-state index in [0.717, 1.165) is 11.1 Å². The van der Waals surface area contributed by atoms with Crippen molar-refractivity contribution >= 4 is 11.6 Å². The molecule has 2 rings (SSSR count). The lowest BCUT2D eigenvalue weighted by atomic mass is 10.0. The van der Waals surface area contributed by atoms with Gasteiger partial charge in [0.2, 0.25) is 0 Å². The first-order chi connectivity index (χ1) is 9.91. The van der Waals surface area contributed by atoms with Gasteiger partial charge in [0, 0.05) is 20.4 Å². The number of ketones is 1. The van der Waals surface area contributed by atoms with Gasteiger partial charge in [-0.1, -0.05) is 30.3 Å². The van der Waals surface area contributed by atoms with E-state index in [0.29, 0.717) is 18.0 Å². The molecule has 2 unspecified atom stereocenters. The van der Waals surface area contributed by atoms with Crippen molar-refractivity contribution in [1.82, 2.24) is 4.90 Å². The van der Waals surface area contributed by atoms with Crippen LogP contribution in [-0.4, -0.2) is 29.7 Å². The summed E-state index contributed by atoms with van der Waals surface area (Å²) in [5.41, 5.74) is 2.22. The number of Topliss-reactive ketones (excluding diaryl/α,β-unsaturated/α-hetero) is 1. The molecule has 0 radical (unpaired) electrons. The first kappa shape index (κ1) is 15.4. The van der Waals surface area contributed by atoms with Crippen molar-refractivity contribution in [1.29, 1.82) is 0 Å². The minimum absolute atomic E-state index is 0.0367. The summed E-state index contributed by atoms with van der Waals surface area (Å²) < 4.78 is 14.4. The molecule has 0 bridgehead atoms. The fourth-order valence-electron chi connectivity index (χ4n) is 2.68. The van der Waals surface area contributed by atoms with E-state index in [-0.39, 0.29) is 11.8 Å². The number of alkyl halides is 1. The maximum atomic E-state index is 14.4. The number of carbonyl (C=O) groups excluding carboxylic acids is 1. The highest BCUT2D eigenvalue weighted by Gasteiger charge is 2.36. The molecule has 2 atom stereocenters. The molecule has 0 amide bonds. The smallest absolute Gasteiger partial charge is 0.178 e. The average Bonchev–Trinajstić information content (AvgIpc) is 2.72. The van der Waals surface area contributed by atoms with Gasteiger partial charge in [0.25, 0.3) is 0 Å². The molecule has 1 heterocycles. The van der Waals surface area contributed by atoms with Gasteiger partial charge in [0.1, 0.15) is 11.5 Å². The van der Waals surface area contributed by atoms with Crippen LogP contribution in [0.5, 0.6) is 0 Å². The zero-order chi connectivity index (χ0) is 15.6. The lowest BCUT2D eigenvalue weighted by Crippen LogP contribution is -2.26.